The smallest absolute Gasteiger partial charge is 0.346 e. The van der Waals surface area contributed by atoms with E-state index in [1.807, 2.05) is 12.1 Å². The number of nitrogens with zero attached hydrogens (tertiary/aromatic N) is 1. The van der Waals surface area contributed by atoms with Crippen LogP contribution in [-0.4, -0.2) is 44.0 Å². The molecule has 0 bridgehead atoms. The van der Waals surface area contributed by atoms with Crippen LogP contribution in [0.5, 0.6) is 0 Å². The molecule has 0 radical (unpaired) electrons. The number of nitrogens with one attached hydrogen (secondary N) is 1. The van der Waals surface area contributed by atoms with Gasteiger partial charge in [-0.1, -0.05) is 24.3 Å². The number of carboxylic acids is 1. The summed E-state index contributed by atoms with van der Waals surface area (Å²) >= 11 is 0.788. The maximum absolute atomic E-state index is 12.3. The summed E-state index contributed by atoms with van der Waals surface area (Å²) in [6.07, 6.45) is 0.967. The summed E-state index contributed by atoms with van der Waals surface area (Å²) in [6, 6.07) is 9.71. The molecule has 0 aliphatic carbocycles. The second kappa shape index (κ2) is 7.25. The first-order valence-corrected chi connectivity index (χ1v) is 10.3. The zero-order valence-electron chi connectivity index (χ0n) is 13.9. The van der Waals surface area contributed by atoms with Gasteiger partial charge in [-0.05, 0) is 36.1 Å². The van der Waals surface area contributed by atoms with Gasteiger partial charge in [0.1, 0.15) is 9.09 Å². The first-order chi connectivity index (χ1) is 11.9. The topological polar surface area (TPSA) is 86.7 Å². The maximum Gasteiger partial charge on any atom is 0.346 e. The van der Waals surface area contributed by atoms with E-state index in [0.717, 1.165) is 30.8 Å². The van der Waals surface area contributed by atoms with Crippen LogP contribution in [0.3, 0.4) is 0 Å². The van der Waals surface area contributed by atoms with Crippen LogP contribution in [0.4, 0.5) is 0 Å². The zero-order valence-corrected chi connectivity index (χ0v) is 15.5. The Morgan fingerprint density at radius 2 is 2.04 bits per heavy atom. The number of fused-ring (bicyclic) bond motifs is 1. The highest BCUT2D eigenvalue weighted by atomic mass is 32.2. The molecule has 134 valence electrons. The monoisotopic (exact) mass is 380 g/mol. The van der Waals surface area contributed by atoms with Crippen molar-refractivity contribution in [2.45, 2.75) is 24.1 Å². The zero-order chi connectivity index (χ0) is 18.0. The first-order valence-electron chi connectivity index (χ1n) is 7.99. The van der Waals surface area contributed by atoms with Crippen molar-refractivity contribution in [1.82, 2.24) is 9.62 Å². The van der Waals surface area contributed by atoms with Gasteiger partial charge in [0, 0.05) is 26.2 Å². The van der Waals surface area contributed by atoms with E-state index >= 15 is 0 Å². The van der Waals surface area contributed by atoms with Crippen LogP contribution in [0.15, 0.2) is 34.5 Å². The van der Waals surface area contributed by atoms with E-state index in [-0.39, 0.29) is 9.09 Å². The predicted octanol–water partition coefficient (Wildman–Crippen LogP) is 2.09. The number of aromatic carboxylic acids is 1. The molecule has 1 aliphatic heterocycles. The fourth-order valence-electron chi connectivity index (χ4n) is 2.95. The van der Waals surface area contributed by atoms with Crippen molar-refractivity contribution in [3.8, 4) is 0 Å². The lowest BCUT2D eigenvalue weighted by Crippen LogP contribution is -2.37. The summed E-state index contributed by atoms with van der Waals surface area (Å²) in [4.78, 5) is 13.4. The Balaban J connectivity index is 1.58. The van der Waals surface area contributed by atoms with Gasteiger partial charge in [-0.2, -0.15) is 0 Å². The largest absolute Gasteiger partial charge is 0.477 e. The van der Waals surface area contributed by atoms with E-state index in [9.17, 15) is 13.2 Å². The molecule has 6 nitrogen and oxygen atoms in total. The highest BCUT2D eigenvalue weighted by Gasteiger charge is 2.22. The third kappa shape index (κ3) is 4.09. The number of aryl methyl sites for hydroxylation is 1. The molecule has 1 aliphatic rings. The van der Waals surface area contributed by atoms with Gasteiger partial charge in [0.2, 0.25) is 10.0 Å². The normalized spacial score (nSPS) is 15.1. The van der Waals surface area contributed by atoms with Gasteiger partial charge in [-0.15, -0.1) is 11.3 Å². The lowest BCUT2D eigenvalue weighted by atomic mass is 10.0. The van der Waals surface area contributed by atoms with Crippen LogP contribution in [0.25, 0.3) is 0 Å². The quantitative estimate of drug-likeness (QED) is 0.801. The number of hydrogen-bond donors (Lipinski definition) is 2. The Kier molecular flexibility index (Phi) is 5.24. The van der Waals surface area contributed by atoms with E-state index < -0.39 is 16.0 Å². The van der Waals surface area contributed by atoms with E-state index in [1.165, 1.54) is 17.2 Å². The number of thiophene rings is 1. The predicted molar refractivity (Wildman–Crippen MR) is 96.6 cm³/mol. The maximum atomic E-state index is 12.3. The lowest BCUT2D eigenvalue weighted by Gasteiger charge is -2.28. The summed E-state index contributed by atoms with van der Waals surface area (Å²) in [5.74, 6) is -1.10. The summed E-state index contributed by atoms with van der Waals surface area (Å²) in [6.45, 7) is 4.23. The van der Waals surface area contributed by atoms with Gasteiger partial charge in [-0.25, -0.2) is 17.9 Å². The Labute approximate surface area is 151 Å². The van der Waals surface area contributed by atoms with Crippen molar-refractivity contribution in [2.24, 2.45) is 0 Å². The van der Waals surface area contributed by atoms with E-state index in [4.69, 9.17) is 5.11 Å². The second-order valence-corrected chi connectivity index (χ2v) is 9.12. The van der Waals surface area contributed by atoms with Gasteiger partial charge in [0.25, 0.3) is 0 Å². The Morgan fingerprint density at radius 1 is 1.32 bits per heavy atom. The Morgan fingerprint density at radius 3 is 2.72 bits per heavy atom. The van der Waals surface area contributed by atoms with E-state index in [1.54, 1.807) is 6.92 Å². The van der Waals surface area contributed by atoms with Crippen molar-refractivity contribution >= 4 is 27.3 Å². The number of rotatable bonds is 6. The van der Waals surface area contributed by atoms with Gasteiger partial charge in [0.15, 0.2) is 0 Å². The van der Waals surface area contributed by atoms with Gasteiger partial charge in [-0.3, -0.25) is 4.90 Å². The van der Waals surface area contributed by atoms with Crippen molar-refractivity contribution in [3.63, 3.8) is 0 Å². The number of benzene rings is 1. The van der Waals surface area contributed by atoms with Crippen LogP contribution in [0.1, 0.15) is 26.4 Å². The number of hydrogen-bond acceptors (Lipinski definition) is 5. The second-order valence-electron chi connectivity index (χ2n) is 6.08. The minimum atomic E-state index is -3.68. The minimum absolute atomic E-state index is 0.0476. The molecule has 1 aromatic heterocycles. The van der Waals surface area contributed by atoms with Crippen molar-refractivity contribution < 1.29 is 18.3 Å². The summed E-state index contributed by atoms with van der Waals surface area (Å²) in [7, 11) is -3.68. The van der Waals surface area contributed by atoms with Crippen LogP contribution in [0.2, 0.25) is 0 Å². The molecule has 2 heterocycles. The van der Waals surface area contributed by atoms with Gasteiger partial charge in [0.05, 0.1) is 0 Å². The third-order valence-corrected chi connectivity index (χ3v) is 7.44. The fourth-order valence-corrected chi connectivity index (χ4v) is 5.40. The molecule has 25 heavy (non-hydrogen) atoms. The fraction of sp³-hybridized carbons (Fsp3) is 0.353. The average molecular weight is 380 g/mol. The van der Waals surface area contributed by atoms with Crippen LogP contribution >= 0.6 is 11.3 Å². The highest BCUT2D eigenvalue weighted by Crippen LogP contribution is 2.25. The SMILES string of the molecule is Cc1cc(S(=O)(=O)NCCN2CCc3ccccc3C2)sc1C(=O)O. The van der Waals surface area contributed by atoms with Crippen molar-refractivity contribution in [3.05, 3.63) is 51.9 Å². The summed E-state index contributed by atoms with van der Waals surface area (Å²) in [5.41, 5.74) is 3.11. The molecule has 0 fully saturated rings. The molecule has 0 saturated heterocycles. The molecule has 8 heteroatoms. The molecular weight excluding hydrogens is 360 g/mol. The Hall–Kier alpha value is -1.74. The van der Waals surface area contributed by atoms with Gasteiger partial charge < -0.3 is 5.11 Å². The Bertz CT molecular complexity index is 890. The van der Waals surface area contributed by atoms with Crippen LogP contribution in [-0.2, 0) is 23.0 Å². The summed E-state index contributed by atoms with van der Waals surface area (Å²) in [5, 5.41) is 9.06. The average Bonchev–Trinajstić information content (AvgIpc) is 2.97. The third-order valence-electron chi connectivity index (χ3n) is 4.28. The standard InChI is InChI=1S/C17H20N2O4S2/c1-12-10-15(24-16(12)17(20)21)25(22,23)18-7-9-19-8-6-13-4-2-3-5-14(13)11-19/h2-5,10,18H,6-9,11H2,1H3,(H,20,21). The molecular formula is C17H20N2O4S2. The van der Waals surface area contributed by atoms with Gasteiger partial charge >= 0.3 is 5.97 Å². The molecule has 2 aromatic rings. The molecule has 0 spiro atoms. The molecule has 0 atom stereocenters. The highest BCUT2D eigenvalue weighted by molar-refractivity contribution is 7.91. The number of carbonyl (C=O) groups is 1. The number of carboxylic acid groups (broad SMARTS) is 1. The molecule has 3 rings (SSSR count). The lowest BCUT2D eigenvalue weighted by molar-refractivity contribution is 0.0701. The molecule has 1 aromatic carbocycles. The summed E-state index contributed by atoms with van der Waals surface area (Å²) < 4.78 is 27.3. The van der Waals surface area contributed by atoms with E-state index in [0.29, 0.717) is 18.7 Å². The molecule has 0 saturated carbocycles. The molecule has 0 unspecified atom stereocenters. The minimum Gasteiger partial charge on any atom is -0.477 e. The first kappa shape index (κ1) is 18.1. The molecule has 2 N–H and O–H groups in total. The van der Waals surface area contributed by atoms with E-state index in [2.05, 4.69) is 21.8 Å². The van der Waals surface area contributed by atoms with Crippen molar-refractivity contribution in [2.75, 3.05) is 19.6 Å². The molecule has 0 amide bonds. The number of sulfonamides is 1. The van der Waals surface area contributed by atoms with Crippen LogP contribution < -0.4 is 4.72 Å². The van der Waals surface area contributed by atoms with Crippen LogP contribution in [0, 0.1) is 6.92 Å². The van der Waals surface area contributed by atoms with Crippen molar-refractivity contribution in [1.29, 1.82) is 0 Å².